The highest BCUT2D eigenvalue weighted by molar-refractivity contribution is 5.94. The number of carbonyl (C=O) groups is 2. The van der Waals surface area contributed by atoms with Crippen LogP contribution in [0.25, 0.3) is 0 Å². The van der Waals surface area contributed by atoms with Gasteiger partial charge in [-0.2, -0.15) is 0 Å². The molecule has 96 valence electrons. The van der Waals surface area contributed by atoms with Crippen molar-refractivity contribution < 1.29 is 23.8 Å². The molecule has 0 saturated carbocycles. The largest absolute Gasteiger partial charge is 0.496 e. The Morgan fingerprint density at radius 2 is 2.28 bits per heavy atom. The molecule has 2 rings (SSSR count). The summed E-state index contributed by atoms with van der Waals surface area (Å²) < 4.78 is 14.8. The van der Waals surface area contributed by atoms with E-state index in [1.165, 1.54) is 19.2 Å². The van der Waals surface area contributed by atoms with Gasteiger partial charge in [-0.05, 0) is 12.1 Å². The predicted octanol–water partition coefficient (Wildman–Crippen LogP) is 0.750. The molecular weight excluding hydrogens is 238 g/mol. The van der Waals surface area contributed by atoms with Crippen LogP contribution in [0, 0.1) is 0 Å². The number of nitrogen functional groups attached to an aromatic ring is 1. The summed E-state index contributed by atoms with van der Waals surface area (Å²) in [7, 11) is 1.43. The first-order valence-electron chi connectivity index (χ1n) is 5.43. The van der Waals surface area contributed by atoms with E-state index < -0.39 is 18.0 Å². The van der Waals surface area contributed by atoms with Crippen LogP contribution in [0.4, 0.5) is 5.69 Å². The van der Waals surface area contributed by atoms with Gasteiger partial charge in [0.1, 0.15) is 11.3 Å². The van der Waals surface area contributed by atoms with Crippen LogP contribution in [0.3, 0.4) is 0 Å². The zero-order chi connectivity index (χ0) is 13.1. The van der Waals surface area contributed by atoms with E-state index in [0.29, 0.717) is 17.9 Å². The molecule has 1 aromatic rings. The molecule has 0 aliphatic carbocycles. The van der Waals surface area contributed by atoms with E-state index in [-0.39, 0.29) is 12.2 Å². The third-order valence-corrected chi connectivity index (χ3v) is 2.58. The highest BCUT2D eigenvalue weighted by Gasteiger charge is 2.31. The molecule has 1 aliphatic heterocycles. The van der Waals surface area contributed by atoms with Crippen LogP contribution in [0.2, 0.25) is 0 Å². The molecule has 0 radical (unpaired) electrons. The summed E-state index contributed by atoms with van der Waals surface area (Å²) in [6.07, 6.45) is -0.457. The van der Waals surface area contributed by atoms with Crippen LogP contribution >= 0.6 is 0 Å². The number of carbonyl (C=O) groups excluding carboxylic acids is 2. The Bertz CT molecular complexity index is 485. The number of hydrogen-bond acceptors (Lipinski definition) is 6. The molecule has 6 heteroatoms. The molecule has 0 spiro atoms. The molecule has 1 saturated heterocycles. The molecule has 1 atom stereocenters. The minimum atomic E-state index is -0.834. The van der Waals surface area contributed by atoms with Crippen LogP contribution in [0.1, 0.15) is 16.8 Å². The van der Waals surface area contributed by atoms with Gasteiger partial charge in [-0.3, -0.25) is 0 Å². The second kappa shape index (κ2) is 4.95. The number of esters is 2. The van der Waals surface area contributed by atoms with Gasteiger partial charge in [0, 0.05) is 18.2 Å². The first kappa shape index (κ1) is 12.2. The zero-order valence-corrected chi connectivity index (χ0v) is 9.84. The number of benzene rings is 1. The van der Waals surface area contributed by atoms with Crippen molar-refractivity contribution in [3.8, 4) is 5.75 Å². The standard InChI is InChI=1S/C12H13NO5/c1-16-10-6-7(13)2-3-8(10)11(14)18-9-4-5-17-12(9)15/h2-3,6,9H,4-5,13H2,1H3. The molecular formula is C12H13NO5. The lowest BCUT2D eigenvalue weighted by Gasteiger charge is -2.11. The number of ether oxygens (including phenoxy) is 3. The highest BCUT2D eigenvalue weighted by Crippen LogP contribution is 2.23. The number of rotatable bonds is 3. The van der Waals surface area contributed by atoms with Crippen molar-refractivity contribution in [2.24, 2.45) is 0 Å². The topological polar surface area (TPSA) is 87.8 Å². The van der Waals surface area contributed by atoms with Gasteiger partial charge in [-0.1, -0.05) is 0 Å². The molecule has 1 aromatic carbocycles. The lowest BCUT2D eigenvalue weighted by molar-refractivity contribution is -0.145. The average molecular weight is 251 g/mol. The van der Waals surface area contributed by atoms with Gasteiger partial charge in [0.25, 0.3) is 0 Å². The molecule has 0 aromatic heterocycles. The molecule has 1 heterocycles. The Kier molecular flexibility index (Phi) is 3.36. The number of hydrogen-bond donors (Lipinski definition) is 1. The second-order valence-corrected chi connectivity index (χ2v) is 3.81. The Balaban J connectivity index is 2.15. The van der Waals surface area contributed by atoms with Crippen LogP contribution in [0.5, 0.6) is 5.75 Å². The molecule has 0 amide bonds. The summed E-state index contributed by atoms with van der Waals surface area (Å²) in [4.78, 5) is 23.1. The fraction of sp³-hybridized carbons (Fsp3) is 0.333. The monoisotopic (exact) mass is 251 g/mol. The maximum Gasteiger partial charge on any atom is 0.347 e. The van der Waals surface area contributed by atoms with Crippen LogP contribution in [-0.4, -0.2) is 31.8 Å². The molecule has 0 bridgehead atoms. The van der Waals surface area contributed by atoms with Crippen LogP contribution in [-0.2, 0) is 14.3 Å². The molecule has 1 fully saturated rings. The van der Waals surface area contributed by atoms with Crippen molar-refractivity contribution in [3.63, 3.8) is 0 Å². The number of nitrogens with two attached hydrogens (primary N) is 1. The average Bonchev–Trinajstić information content (AvgIpc) is 2.74. The Labute approximate surface area is 104 Å². The lowest BCUT2D eigenvalue weighted by atomic mass is 10.2. The Morgan fingerprint density at radius 1 is 1.50 bits per heavy atom. The predicted molar refractivity (Wildman–Crippen MR) is 62.2 cm³/mol. The van der Waals surface area contributed by atoms with Crippen molar-refractivity contribution in [3.05, 3.63) is 23.8 Å². The lowest BCUT2D eigenvalue weighted by Crippen LogP contribution is -2.23. The van der Waals surface area contributed by atoms with E-state index >= 15 is 0 Å². The number of methoxy groups -OCH3 is 1. The van der Waals surface area contributed by atoms with Gasteiger partial charge in [-0.15, -0.1) is 0 Å². The van der Waals surface area contributed by atoms with Gasteiger partial charge in [-0.25, -0.2) is 9.59 Å². The first-order chi connectivity index (χ1) is 8.61. The van der Waals surface area contributed by atoms with Crippen molar-refractivity contribution in [1.82, 2.24) is 0 Å². The van der Waals surface area contributed by atoms with E-state index in [1.54, 1.807) is 6.07 Å². The Hall–Kier alpha value is -2.24. The minimum absolute atomic E-state index is 0.228. The highest BCUT2D eigenvalue weighted by atomic mass is 16.6. The van der Waals surface area contributed by atoms with Crippen molar-refractivity contribution in [2.75, 3.05) is 19.5 Å². The second-order valence-electron chi connectivity index (χ2n) is 3.81. The van der Waals surface area contributed by atoms with Gasteiger partial charge in [0.05, 0.1) is 13.7 Å². The van der Waals surface area contributed by atoms with Crippen LogP contribution in [0.15, 0.2) is 18.2 Å². The summed E-state index contributed by atoms with van der Waals surface area (Å²) in [6, 6.07) is 4.58. The molecule has 18 heavy (non-hydrogen) atoms. The Morgan fingerprint density at radius 3 is 2.89 bits per heavy atom. The van der Waals surface area contributed by atoms with Gasteiger partial charge in [0.2, 0.25) is 6.10 Å². The zero-order valence-electron chi connectivity index (χ0n) is 9.84. The smallest absolute Gasteiger partial charge is 0.347 e. The minimum Gasteiger partial charge on any atom is -0.496 e. The van der Waals surface area contributed by atoms with Crippen molar-refractivity contribution >= 4 is 17.6 Å². The summed E-state index contributed by atoms with van der Waals surface area (Å²) in [5, 5.41) is 0. The van der Waals surface area contributed by atoms with Gasteiger partial charge < -0.3 is 19.9 Å². The number of cyclic esters (lactones) is 1. The maximum absolute atomic E-state index is 11.9. The maximum atomic E-state index is 11.9. The van der Waals surface area contributed by atoms with E-state index in [4.69, 9.17) is 19.9 Å². The summed E-state index contributed by atoms with van der Waals surface area (Å²) in [6.45, 7) is 0.273. The fourth-order valence-electron chi connectivity index (χ4n) is 1.65. The normalized spacial score (nSPS) is 18.3. The van der Waals surface area contributed by atoms with E-state index in [2.05, 4.69) is 0 Å². The molecule has 6 nitrogen and oxygen atoms in total. The van der Waals surface area contributed by atoms with E-state index in [0.717, 1.165) is 0 Å². The summed E-state index contributed by atoms with van der Waals surface area (Å²) >= 11 is 0. The SMILES string of the molecule is COc1cc(N)ccc1C(=O)OC1CCOC1=O. The molecule has 1 unspecified atom stereocenters. The van der Waals surface area contributed by atoms with E-state index in [1.807, 2.05) is 0 Å². The van der Waals surface area contributed by atoms with Gasteiger partial charge in [0.15, 0.2) is 0 Å². The van der Waals surface area contributed by atoms with Gasteiger partial charge >= 0.3 is 11.9 Å². The third kappa shape index (κ3) is 2.37. The molecule has 1 aliphatic rings. The summed E-state index contributed by atoms with van der Waals surface area (Å²) in [5.41, 5.74) is 6.29. The van der Waals surface area contributed by atoms with Crippen molar-refractivity contribution in [1.29, 1.82) is 0 Å². The first-order valence-corrected chi connectivity index (χ1v) is 5.43. The quantitative estimate of drug-likeness (QED) is 0.630. The van der Waals surface area contributed by atoms with E-state index in [9.17, 15) is 9.59 Å². The molecule has 2 N–H and O–H groups in total. The van der Waals surface area contributed by atoms with Crippen LogP contribution < -0.4 is 10.5 Å². The fourth-order valence-corrected chi connectivity index (χ4v) is 1.65. The summed E-state index contributed by atoms with van der Waals surface area (Å²) in [5.74, 6) is -0.833. The third-order valence-electron chi connectivity index (χ3n) is 2.58. The van der Waals surface area contributed by atoms with Crippen molar-refractivity contribution in [2.45, 2.75) is 12.5 Å². The number of anilines is 1.